The van der Waals surface area contributed by atoms with Crippen molar-refractivity contribution < 1.29 is 14.1 Å². The summed E-state index contributed by atoms with van der Waals surface area (Å²) >= 11 is 0. The molecule has 2 aromatic rings. The van der Waals surface area contributed by atoms with Gasteiger partial charge in [-0.05, 0) is 31.9 Å². The van der Waals surface area contributed by atoms with Crippen LogP contribution in [0.5, 0.6) is 0 Å². The molecular weight excluding hydrogens is 382 g/mol. The number of urea groups is 1. The Kier molecular flexibility index (Phi) is 7.10. The zero-order valence-electron chi connectivity index (χ0n) is 18.1. The lowest BCUT2D eigenvalue weighted by atomic mass is 10.0. The number of carbonyl (C=O) groups excluding carboxylic acids is 2. The first-order valence-corrected chi connectivity index (χ1v) is 10.4. The van der Waals surface area contributed by atoms with Gasteiger partial charge in [0, 0.05) is 44.0 Å². The van der Waals surface area contributed by atoms with Crippen molar-refractivity contribution in [2.75, 3.05) is 31.5 Å². The van der Waals surface area contributed by atoms with Crippen LogP contribution < -0.4 is 10.6 Å². The summed E-state index contributed by atoms with van der Waals surface area (Å²) in [7, 11) is 0. The van der Waals surface area contributed by atoms with Gasteiger partial charge in [0.05, 0.1) is 5.69 Å². The normalized spacial score (nSPS) is 15.8. The van der Waals surface area contributed by atoms with Crippen LogP contribution in [0.1, 0.15) is 30.9 Å². The lowest BCUT2D eigenvalue weighted by Crippen LogP contribution is -2.56. The van der Waals surface area contributed by atoms with Gasteiger partial charge in [-0.3, -0.25) is 9.69 Å². The monoisotopic (exact) mass is 413 g/mol. The molecule has 2 N–H and O–H groups in total. The van der Waals surface area contributed by atoms with Crippen molar-refractivity contribution in [3.63, 3.8) is 0 Å². The molecule has 3 amide bonds. The van der Waals surface area contributed by atoms with Crippen molar-refractivity contribution in [2.45, 2.75) is 40.3 Å². The number of para-hydroxylation sites is 1. The number of amides is 3. The molecule has 1 saturated heterocycles. The van der Waals surface area contributed by atoms with E-state index in [4.69, 9.17) is 4.52 Å². The fourth-order valence-corrected chi connectivity index (χ4v) is 3.62. The van der Waals surface area contributed by atoms with E-state index in [1.807, 2.05) is 62.9 Å². The molecular formula is C22H31N5O3. The van der Waals surface area contributed by atoms with Gasteiger partial charge in [-0.1, -0.05) is 37.2 Å². The molecule has 0 spiro atoms. The zero-order chi connectivity index (χ0) is 21.7. The third-order valence-corrected chi connectivity index (χ3v) is 5.50. The number of piperazine rings is 1. The number of aryl methyl sites for hydroxylation is 2. The topological polar surface area (TPSA) is 90.7 Å². The zero-order valence-corrected chi connectivity index (χ0v) is 18.1. The molecule has 0 aliphatic carbocycles. The molecule has 1 aromatic carbocycles. The second-order valence-electron chi connectivity index (χ2n) is 8.09. The van der Waals surface area contributed by atoms with E-state index in [0.29, 0.717) is 18.8 Å². The Labute approximate surface area is 177 Å². The number of hydrogen-bond donors (Lipinski definition) is 2. The summed E-state index contributed by atoms with van der Waals surface area (Å²) in [5.74, 6) is 0.795. The molecule has 1 aliphatic rings. The summed E-state index contributed by atoms with van der Waals surface area (Å²) in [5.41, 5.74) is 2.73. The van der Waals surface area contributed by atoms with Gasteiger partial charge in [-0.15, -0.1) is 0 Å². The van der Waals surface area contributed by atoms with E-state index in [1.54, 1.807) is 0 Å². The molecule has 1 unspecified atom stereocenters. The Morgan fingerprint density at radius 2 is 1.77 bits per heavy atom. The van der Waals surface area contributed by atoms with Crippen LogP contribution in [0.25, 0.3) is 0 Å². The van der Waals surface area contributed by atoms with Crippen LogP contribution in [0.3, 0.4) is 0 Å². The third-order valence-electron chi connectivity index (χ3n) is 5.50. The maximum atomic E-state index is 13.1. The van der Waals surface area contributed by atoms with Gasteiger partial charge < -0.3 is 20.1 Å². The van der Waals surface area contributed by atoms with Crippen LogP contribution >= 0.6 is 0 Å². The lowest BCUT2D eigenvalue weighted by Gasteiger charge is -2.37. The van der Waals surface area contributed by atoms with Crippen LogP contribution in [0.4, 0.5) is 10.5 Å². The van der Waals surface area contributed by atoms with E-state index in [9.17, 15) is 9.59 Å². The smallest absolute Gasteiger partial charge is 0.319 e. The van der Waals surface area contributed by atoms with Gasteiger partial charge in [0.2, 0.25) is 5.91 Å². The first-order valence-electron chi connectivity index (χ1n) is 10.4. The summed E-state index contributed by atoms with van der Waals surface area (Å²) in [5, 5.41) is 9.65. The number of nitrogens with zero attached hydrogens (tertiary/aromatic N) is 3. The quantitative estimate of drug-likeness (QED) is 0.760. The number of rotatable bonds is 6. The van der Waals surface area contributed by atoms with Crippen molar-refractivity contribution in [2.24, 2.45) is 5.92 Å². The van der Waals surface area contributed by atoms with Gasteiger partial charge in [-0.25, -0.2) is 4.79 Å². The molecule has 1 aromatic heterocycles. The predicted molar refractivity (Wildman–Crippen MR) is 115 cm³/mol. The van der Waals surface area contributed by atoms with Crippen molar-refractivity contribution >= 4 is 17.6 Å². The van der Waals surface area contributed by atoms with E-state index in [1.165, 1.54) is 0 Å². The molecule has 30 heavy (non-hydrogen) atoms. The molecule has 1 fully saturated rings. The van der Waals surface area contributed by atoms with Crippen molar-refractivity contribution in [3.8, 4) is 0 Å². The second-order valence-corrected chi connectivity index (χ2v) is 8.09. The van der Waals surface area contributed by atoms with E-state index in [-0.39, 0.29) is 17.9 Å². The average molecular weight is 414 g/mol. The number of carbonyl (C=O) groups is 2. The molecule has 162 valence electrons. The molecule has 2 heterocycles. The Morgan fingerprint density at radius 3 is 2.33 bits per heavy atom. The van der Waals surface area contributed by atoms with Gasteiger partial charge in [0.1, 0.15) is 11.8 Å². The largest absolute Gasteiger partial charge is 0.361 e. The first-order chi connectivity index (χ1) is 14.3. The van der Waals surface area contributed by atoms with E-state index in [0.717, 1.165) is 36.7 Å². The summed E-state index contributed by atoms with van der Waals surface area (Å²) in [4.78, 5) is 29.6. The Hall–Kier alpha value is -2.87. The molecule has 0 saturated carbocycles. The summed E-state index contributed by atoms with van der Waals surface area (Å²) in [6.07, 6.45) is 0. The number of hydrogen-bond acceptors (Lipinski definition) is 5. The summed E-state index contributed by atoms with van der Waals surface area (Å²) in [6.45, 7) is 11.3. The van der Waals surface area contributed by atoms with Gasteiger partial charge in [0.25, 0.3) is 0 Å². The van der Waals surface area contributed by atoms with Crippen LogP contribution in [0.2, 0.25) is 0 Å². The molecule has 0 radical (unpaired) electrons. The van der Waals surface area contributed by atoms with Crippen molar-refractivity contribution in [1.29, 1.82) is 0 Å². The standard InChI is InChI=1S/C22H31N5O3/c1-15(2)20(24-22(29)23-18-8-6-5-7-9-18)21(28)27-12-10-26(11-13-27)14-19-16(3)25-30-17(19)4/h5-9,15,20H,10-14H2,1-4H3,(H2,23,24,29). The summed E-state index contributed by atoms with van der Waals surface area (Å²) in [6, 6.07) is 8.27. The molecule has 1 atom stereocenters. The van der Waals surface area contributed by atoms with Gasteiger partial charge >= 0.3 is 6.03 Å². The third kappa shape index (κ3) is 5.38. The molecule has 3 rings (SSSR count). The van der Waals surface area contributed by atoms with Crippen LogP contribution in [0.15, 0.2) is 34.9 Å². The highest BCUT2D eigenvalue weighted by Gasteiger charge is 2.31. The highest BCUT2D eigenvalue weighted by Crippen LogP contribution is 2.17. The number of anilines is 1. The number of nitrogens with one attached hydrogen (secondary N) is 2. The molecule has 1 aliphatic heterocycles. The minimum Gasteiger partial charge on any atom is -0.361 e. The average Bonchev–Trinajstić information content (AvgIpc) is 3.04. The number of benzene rings is 1. The summed E-state index contributed by atoms with van der Waals surface area (Å²) < 4.78 is 5.25. The highest BCUT2D eigenvalue weighted by molar-refractivity contribution is 5.93. The lowest BCUT2D eigenvalue weighted by molar-refractivity contribution is -0.136. The first kappa shape index (κ1) is 21.8. The highest BCUT2D eigenvalue weighted by atomic mass is 16.5. The SMILES string of the molecule is Cc1noc(C)c1CN1CCN(C(=O)C(NC(=O)Nc2ccccc2)C(C)C)CC1. The van der Waals surface area contributed by atoms with E-state index in [2.05, 4.69) is 20.7 Å². The minimum atomic E-state index is -0.567. The maximum Gasteiger partial charge on any atom is 0.319 e. The number of aromatic nitrogens is 1. The fourth-order valence-electron chi connectivity index (χ4n) is 3.62. The van der Waals surface area contributed by atoms with Crippen LogP contribution in [0, 0.1) is 19.8 Å². The van der Waals surface area contributed by atoms with Crippen LogP contribution in [-0.4, -0.2) is 59.1 Å². The Bertz CT molecular complexity index is 837. The van der Waals surface area contributed by atoms with E-state index < -0.39 is 6.04 Å². The van der Waals surface area contributed by atoms with Crippen molar-refractivity contribution in [3.05, 3.63) is 47.3 Å². The molecule has 8 heteroatoms. The van der Waals surface area contributed by atoms with Crippen LogP contribution in [-0.2, 0) is 11.3 Å². The second kappa shape index (κ2) is 9.75. The Morgan fingerprint density at radius 1 is 1.10 bits per heavy atom. The maximum absolute atomic E-state index is 13.1. The van der Waals surface area contributed by atoms with Crippen molar-refractivity contribution in [1.82, 2.24) is 20.3 Å². The fraction of sp³-hybridized carbons (Fsp3) is 0.500. The molecule has 0 bridgehead atoms. The van der Waals surface area contributed by atoms with E-state index >= 15 is 0 Å². The predicted octanol–water partition coefficient (Wildman–Crippen LogP) is 2.78. The van der Waals surface area contributed by atoms with Gasteiger partial charge in [-0.2, -0.15) is 0 Å². The van der Waals surface area contributed by atoms with Gasteiger partial charge in [0.15, 0.2) is 0 Å². The minimum absolute atomic E-state index is 0.0145. The molecule has 8 nitrogen and oxygen atoms in total. The Balaban J connectivity index is 1.54.